The Morgan fingerprint density at radius 2 is 1.97 bits per heavy atom. The van der Waals surface area contributed by atoms with Crippen LogP contribution in [0.5, 0.6) is 0 Å². The second-order valence-electron chi connectivity index (χ2n) is 8.06. The number of nitrogens with one attached hydrogen (secondary N) is 1. The molecule has 0 unspecified atom stereocenters. The summed E-state index contributed by atoms with van der Waals surface area (Å²) in [5.74, 6) is -3.03. The maximum Gasteiger partial charge on any atom is 0.308 e. The zero-order valence-corrected chi connectivity index (χ0v) is 19.3. The van der Waals surface area contributed by atoms with Gasteiger partial charge in [0.2, 0.25) is 0 Å². The Bertz CT molecular complexity index is 1290. The van der Waals surface area contributed by atoms with Gasteiger partial charge in [-0.15, -0.1) is 11.3 Å². The van der Waals surface area contributed by atoms with Crippen LogP contribution >= 0.6 is 11.3 Å². The van der Waals surface area contributed by atoms with Crippen molar-refractivity contribution in [3.8, 4) is 6.07 Å². The predicted octanol–water partition coefficient (Wildman–Crippen LogP) is 2.96. The average molecular weight is 497 g/mol. The van der Waals surface area contributed by atoms with Crippen molar-refractivity contribution in [1.82, 2.24) is 4.90 Å². The van der Waals surface area contributed by atoms with E-state index in [1.54, 1.807) is 0 Å². The first-order chi connectivity index (χ1) is 16.8. The van der Waals surface area contributed by atoms with Crippen molar-refractivity contribution in [2.75, 3.05) is 18.5 Å². The van der Waals surface area contributed by atoms with Crippen molar-refractivity contribution < 1.29 is 28.8 Å². The fourth-order valence-electron chi connectivity index (χ4n) is 4.20. The summed E-state index contributed by atoms with van der Waals surface area (Å²) < 4.78 is 4.95. The number of imide groups is 1. The van der Waals surface area contributed by atoms with Crippen molar-refractivity contribution >= 4 is 45.7 Å². The number of rotatable bonds is 7. The largest absolute Gasteiger partial charge is 0.456 e. The number of aryl methyl sites for hydroxylation is 1. The molecule has 4 rings (SSSR count). The van der Waals surface area contributed by atoms with Crippen molar-refractivity contribution in [2.45, 2.75) is 38.5 Å². The summed E-state index contributed by atoms with van der Waals surface area (Å²) in [6.07, 6.45) is 4.39. The van der Waals surface area contributed by atoms with Gasteiger partial charge >= 0.3 is 5.97 Å². The molecule has 0 saturated carbocycles. The van der Waals surface area contributed by atoms with Crippen LogP contribution in [0.25, 0.3) is 0 Å². The van der Waals surface area contributed by atoms with Crippen molar-refractivity contribution in [2.24, 2.45) is 0 Å². The molecule has 180 valence electrons. The lowest BCUT2D eigenvalue weighted by Gasteiger charge is -2.13. The molecule has 2 aromatic rings. The Balaban J connectivity index is 1.31. The van der Waals surface area contributed by atoms with E-state index in [-0.39, 0.29) is 24.1 Å². The molecule has 1 aromatic carbocycles. The molecule has 0 saturated heterocycles. The van der Waals surface area contributed by atoms with Gasteiger partial charge < -0.3 is 10.1 Å². The predicted molar refractivity (Wildman–Crippen MR) is 123 cm³/mol. The molecular formula is C23H20N4O7S. The number of carbonyl (C=O) groups excluding carboxylic acids is 4. The standard InChI is InChI=1S/C23H20N4O7S/c24-11-15-13-5-2-1-3-8-17(13)35-21(15)25-18(28)12-34-19(29)9-10-26-22(30)14-6-4-7-16(27(32)33)20(14)23(26)31/h4,6-7H,1-3,5,8-10,12H2,(H,25,28). The first-order valence-electron chi connectivity index (χ1n) is 11.0. The molecule has 2 heterocycles. The van der Waals surface area contributed by atoms with Crippen LogP contribution in [0.3, 0.4) is 0 Å². The minimum Gasteiger partial charge on any atom is -0.456 e. The maximum atomic E-state index is 12.5. The van der Waals surface area contributed by atoms with Gasteiger partial charge in [0, 0.05) is 17.5 Å². The Morgan fingerprint density at radius 3 is 2.71 bits per heavy atom. The number of hydrogen-bond acceptors (Lipinski definition) is 9. The normalized spacial score (nSPS) is 14.5. The van der Waals surface area contributed by atoms with E-state index in [0.717, 1.165) is 53.5 Å². The molecule has 0 spiro atoms. The second-order valence-corrected chi connectivity index (χ2v) is 9.16. The van der Waals surface area contributed by atoms with E-state index in [1.165, 1.54) is 23.5 Å². The SMILES string of the molecule is N#Cc1c(NC(=O)COC(=O)CCN2C(=O)c3cccc([N+](=O)[O-])c3C2=O)sc2c1CCCCC2. The molecule has 1 aliphatic heterocycles. The molecule has 0 radical (unpaired) electrons. The third-order valence-electron chi connectivity index (χ3n) is 5.86. The Kier molecular flexibility index (Phi) is 6.88. The highest BCUT2D eigenvalue weighted by molar-refractivity contribution is 7.16. The number of ether oxygens (including phenoxy) is 1. The lowest BCUT2D eigenvalue weighted by molar-refractivity contribution is -0.385. The minimum absolute atomic E-state index is 0.0976. The molecule has 11 nitrogen and oxygen atoms in total. The van der Waals surface area contributed by atoms with Gasteiger partial charge in [0.15, 0.2) is 6.61 Å². The average Bonchev–Trinajstić information content (AvgIpc) is 3.16. The number of nitrogens with zero attached hydrogens (tertiary/aromatic N) is 3. The third-order valence-corrected chi connectivity index (χ3v) is 7.07. The molecule has 2 aliphatic rings. The number of carbonyl (C=O) groups is 4. The number of benzene rings is 1. The first-order valence-corrected chi connectivity index (χ1v) is 11.8. The quantitative estimate of drug-likeness (QED) is 0.201. The number of amides is 3. The summed E-state index contributed by atoms with van der Waals surface area (Å²) in [5, 5.41) is 23.8. The molecule has 12 heteroatoms. The highest BCUT2D eigenvalue weighted by Crippen LogP contribution is 2.37. The van der Waals surface area contributed by atoms with Crippen molar-refractivity contribution in [3.63, 3.8) is 0 Å². The molecule has 1 aromatic heterocycles. The third kappa shape index (κ3) is 4.76. The summed E-state index contributed by atoms with van der Waals surface area (Å²) in [5.41, 5.74) is 0.539. The Morgan fingerprint density at radius 1 is 1.20 bits per heavy atom. The topological polar surface area (TPSA) is 160 Å². The summed E-state index contributed by atoms with van der Waals surface area (Å²) in [6.45, 7) is -0.944. The van der Waals surface area contributed by atoms with Crippen LogP contribution in [0.15, 0.2) is 18.2 Å². The first kappa shape index (κ1) is 24.0. The van der Waals surface area contributed by atoms with Crippen LogP contribution in [-0.4, -0.2) is 46.7 Å². The number of nitro benzene ring substituents is 1. The molecule has 1 N–H and O–H groups in total. The molecule has 0 atom stereocenters. The zero-order valence-electron chi connectivity index (χ0n) is 18.5. The van der Waals surface area contributed by atoms with E-state index < -0.39 is 40.9 Å². The van der Waals surface area contributed by atoms with Crippen LogP contribution in [0.2, 0.25) is 0 Å². The molecule has 35 heavy (non-hydrogen) atoms. The highest BCUT2D eigenvalue weighted by Gasteiger charge is 2.40. The number of fused-ring (bicyclic) bond motifs is 2. The zero-order chi connectivity index (χ0) is 25.1. The van der Waals surface area contributed by atoms with E-state index in [1.807, 2.05) is 0 Å². The van der Waals surface area contributed by atoms with Gasteiger partial charge in [-0.3, -0.25) is 34.2 Å². The molecule has 1 aliphatic carbocycles. The van der Waals surface area contributed by atoms with Crippen molar-refractivity contribution in [3.05, 3.63) is 55.4 Å². The Labute approximate surface area is 203 Å². The van der Waals surface area contributed by atoms with E-state index in [9.17, 15) is 34.6 Å². The summed E-state index contributed by atoms with van der Waals surface area (Å²) in [6, 6.07) is 5.90. The lowest BCUT2D eigenvalue weighted by Crippen LogP contribution is -2.32. The van der Waals surface area contributed by atoms with Crippen LogP contribution in [0, 0.1) is 21.4 Å². The molecular weight excluding hydrogens is 476 g/mol. The summed E-state index contributed by atoms with van der Waals surface area (Å²) >= 11 is 1.36. The van der Waals surface area contributed by atoms with Crippen molar-refractivity contribution in [1.29, 1.82) is 5.26 Å². The van der Waals surface area contributed by atoms with Gasteiger partial charge in [-0.05, 0) is 37.3 Å². The second kappa shape index (κ2) is 10.0. The number of nitriles is 1. The number of anilines is 1. The Hall–Kier alpha value is -4.11. The molecule has 0 fully saturated rings. The van der Waals surface area contributed by atoms with Crippen LogP contribution in [0.4, 0.5) is 10.7 Å². The number of nitro groups is 1. The van der Waals surface area contributed by atoms with Gasteiger partial charge in [0.05, 0.1) is 22.5 Å². The number of esters is 1. The van der Waals surface area contributed by atoms with Gasteiger partial charge in [-0.2, -0.15) is 5.26 Å². The van der Waals surface area contributed by atoms with Gasteiger partial charge in [0.1, 0.15) is 16.6 Å². The molecule has 0 bridgehead atoms. The monoisotopic (exact) mass is 496 g/mol. The molecule has 3 amide bonds. The summed E-state index contributed by atoms with van der Waals surface area (Å²) in [4.78, 5) is 61.7. The minimum atomic E-state index is -0.857. The van der Waals surface area contributed by atoms with E-state index >= 15 is 0 Å². The number of hydrogen-bond donors (Lipinski definition) is 1. The fourth-order valence-corrected chi connectivity index (χ4v) is 5.46. The van der Waals surface area contributed by atoms with Crippen LogP contribution in [0.1, 0.15) is 62.4 Å². The van der Waals surface area contributed by atoms with E-state index in [4.69, 9.17) is 4.74 Å². The van der Waals surface area contributed by atoms with E-state index in [0.29, 0.717) is 10.6 Å². The van der Waals surface area contributed by atoms with Gasteiger partial charge in [0.25, 0.3) is 23.4 Å². The smallest absolute Gasteiger partial charge is 0.308 e. The highest BCUT2D eigenvalue weighted by atomic mass is 32.1. The lowest BCUT2D eigenvalue weighted by atomic mass is 10.1. The van der Waals surface area contributed by atoms with Crippen LogP contribution in [-0.2, 0) is 27.2 Å². The van der Waals surface area contributed by atoms with Gasteiger partial charge in [-0.1, -0.05) is 12.5 Å². The fraction of sp³-hybridized carbons (Fsp3) is 0.348. The van der Waals surface area contributed by atoms with Gasteiger partial charge in [-0.25, -0.2) is 0 Å². The summed E-state index contributed by atoms with van der Waals surface area (Å²) in [7, 11) is 0. The number of thiophene rings is 1. The maximum absolute atomic E-state index is 12.5. The van der Waals surface area contributed by atoms with E-state index in [2.05, 4.69) is 11.4 Å². The van der Waals surface area contributed by atoms with Crippen LogP contribution < -0.4 is 5.32 Å².